The number of ether oxygens (including phenoxy) is 1. The molecule has 0 spiro atoms. The Morgan fingerprint density at radius 2 is 2.00 bits per heavy atom. The smallest absolute Gasteiger partial charge is 0.171 e. The van der Waals surface area contributed by atoms with Crippen molar-refractivity contribution in [3.8, 4) is 11.5 Å². The van der Waals surface area contributed by atoms with Crippen LogP contribution in [-0.2, 0) is 7.05 Å². The van der Waals surface area contributed by atoms with E-state index in [-0.39, 0.29) is 10.8 Å². The minimum Gasteiger partial charge on any atom is -0.452 e. The van der Waals surface area contributed by atoms with Crippen molar-refractivity contribution in [1.82, 2.24) is 9.78 Å². The van der Waals surface area contributed by atoms with E-state index in [9.17, 15) is 4.39 Å². The lowest BCUT2D eigenvalue weighted by Crippen LogP contribution is -2.10. The molecule has 2 aromatic rings. The number of halogens is 2. The molecule has 0 radical (unpaired) electrons. The third kappa shape index (κ3) is 2.98. The molecule has 0 unspecified atom stereocenters. The molecule has 1 aromatic heterocycles. The Kier molecular flexibility index (Phi) is 4.39. The van der Waals surface area contributed by atoms with Crippen LogP contribution in [-0.4, -0.2) is 9.78 Å². The van der Waals surface area contributed by atoms with Crippen LogP contribution in [0.4, 0.5) is 4.39 Å². The Morgan fingerprint density at radius 1 is 1.27 bits per heavy atom. The average Bonchev–Trinajstić information content (AvgIpc) is 2.77. The number of hydrogen-bond donors (Lipinski definition) is 0. The first-order valence-corrected chi connectivity index (χ1v) is 8.10. The molecule has 1 aromatic carbocycles. The van der Waals surface area contributed by atoms with Gasteiger partial charge in [-0.1, -0.05) is 30.9 Å². The molecule has 0 atom stereocenters. The molecule has 22 heavy (non-hydrogen) atoms. The van der Waals surface area contributed by atoms with E-state index >= 15 is 0 Å². The van der Waals surface area contributed by atoms with Gasteiger partial charge in [0.15, 0.2) is 5.75 Å². The fourth-order valence-corrected chi connectivity index (χ4v) is 3.48. The SMILES string of the molecule is Cc1nn(C)c(C2CCCCC2)c1Oc1ccc(F)cc1Cl. The van der Waals surface area contributed by atoms with Crippen LogP contribution in [0, 0.1) is 12.7 Å². The predicted molar refractivity (Wildman–Crippen MR) is 85.3 cm³/mol. The summed E-state index contributed by atoms with van der Waals surface area (Å²) in [5, 5.41) is 4.78. The first-order valence-electron chi connectivity index (χ1n) is 7.72. The van der Waals surface area contributed by atoms with Crippen LogP contribution in [0.5, 0.6) is 11.5 Å². The molecule has 0 bridgehead atoms. The highest BCUT2D eigenvalue weighted by Gasteiger charge is 2.26. The zero-order chi connectivity index (χ0) is 15.7. The van der Waals surface area contributed by atoms with Gasteiger partial charge >= 0.3 is 0 Å². The standard InChI is InChI=1S/C17H20ClFN2O/c1-11-17(22-15-9-8-13(19)10-14(15)18)16(21(2)20-11)12-6-4-3-5-7-12/h8-10,12H,3-7H2,1-2H3. The molecular formula is C17H20ClFN2O. The Labute approximate surface area is 135 Å². The molecule has 118 valence electrons. The molecule has 0 aliphatic heterocycles. The molecular weight excluding hydrogens is 303 g/mol. The van der Waals surface area contributed by atoms with Gasteiger partial charge in [0, 0.05) is 13.0 Å². The van der Waals surface area contributed by atoms with Gasteiger partial charge in [0.05, 0.1) is 10.7 Å². The Bertz CT molecular complexity index is 678. The summed E-state index contributed by atoms with van der Waals surface area (Å²) in [6.45, 7) is 1.93. The molecule has 5 heteroatoms. The highest BCUT2D eigenvalue weighted by molar-refractivity contribution is 6.32. The maximum Gasteiger partial charge on any atom is 0.171 e. The van der Waals surface area contributed by atoms with Crippen molar-refractivity contribution in [3.63, 3.8) is 0 Å². The predicted octanol–water partition coefficient (Wildman–Crippen LogP) is 5.36. The molecule has 1 aliphatic carbocycles. The summed E-state index contributed by atoms with van der Waals surface area (Å²) in [4.78, 5) is 0. The van der Waals surface area contributed by atoms with Gasteiger partial charge in [-0.25, -0.2) is 4.39 Å². The number of nitrogens with zero attached hydrogens (tertiary/aromatic N) is 2. The summed E-state index contributed by atoms with van der Waals surface area (Å²) in [5.41, 5.74) is 1.96. The van der Waals surface area contributed by atoms with E-state index in [1.165, 1.54) is 31.4 Å². The van der Waals surface area contributed by atoms with Crippen molar-refractivity contribution in [1.29, 1.82) is 0 Å². The number of hydrogen-bond acceptors (Lipinski definition) is 2. The Balaban J connectivity index is 1.95. The van der Waals surface area contributed by atoms with Crippen molar-refractivity contribution in [2.45, 2.75) is 44.9 Å². The van der Waals surface area contributed by atoms with Crippen LogP contribution in [0.2, 0.25) is 5.02 Å². The number of benzene rings is 1. The minimum absolute atomic E-state index is 0.276. The van der Waals surface area contributed by atoms with Gasteiger partial charge in [-0.15, -0.1) is 0 Å². The van der Waals surface area contributed by atoms with Gasteiger partial charge in [-0.05, 0) is 38.0 Å². The summed E-state index contributed by atoms with van der Waals surface area (Å²) in [6, 6.07) is 4.19. The topological polar surface area (TPSA) is 27.1 Å². The van der Waals surface area contributed by atoms with Gasteiger partial charge < -0.3 is 4.74 Å². The summed E-state index contributed by atoms with van der Waals surface area (Å²) >= 11 is 6.08. The fourth-order valence-electron chi connectivity index (χ4n) is 3.28. The molecule has 0 amide bonds. The minimum atomic E-state index is -0.368. The highest BCUT2D eigenvalue weighted by atomic mass is 35.5. The maximum absolute atomic E-state index is 13.2. The van der Waals surface area contributed by atoms with Crippen LogP contribution >= 0.6 is 11.6 Å². The number of rotatable bonds is 3. The second kappa shape index (κ2) is 6.29. The molecule has 0 saturated heterocycles. The molecule has 1 heterocycles. The van der Waals surface area contributed by atoms with E-state index in [1.807, 2.05) is 18.7 Å². The average molecular weight is 323 g/mol. The fraction of sp³-hybridized carbons (Fsp3) is 0.471. The normalized spacial score (nSPS) is 16.0. The molecule has 3 rings (SSSR count). The Hall–Kier alpha value is -1.55. The summed E-state index contributed by atoms with van der Waals surface area (Å²) < 4.78 is 21.1. The zero-order valence-electron chi connectivity index (χ0n) is 12.9. The monoisotopic (exact) mass is 322 g/mol. The van der Waals surface area contributed by atoms with Gasteiger partial charge in [-0.3, -0.25) is 4.68 Å². The largest absolute Gasteiger partial charge is 0.452 e. The lowest BCUT2D eigenvalue weighted by molar-refractivity contribution is 0.402. The van der Waals surface area contributed by atoms with Gasteiger partial charge in [0.1, 0.15) is 17.3 Å². The van der Waals surface area contributed by atoms with Crippen molar-refractivity contribution in [2.75, 3.05) is 0 Å². The summed E-state index contributed by atoms with van der Waals surface area (Å²) in [5.74, 6) is 1.33. The van der Waals surface area contributed by atoms with Crippen LogP contribution in [0.25, 0.3) is 0 Å². The molecule has 3 nitrogen and oxygen atoms in total. The van der Waals surface area contributed by atoms with E-state index in [2.05, 4.69) is 5.10 Å². The van der Waals surface area contributed by atoms with E-state index < -0.39 is 0 Å². The van der Waals surface area contributed by atoms with Crippen molar-refractivity contribution >= 4 is 11.6 Å². The van der Waals surface area contributed by atoms with Crippen molar-refractivity contribution in [3.05, 3.63) is 40.4 Å². The van der Waals surface area contributed by atoms with Crippen LogP contribution in [0.1, 0.15) is 49.4 Å². The number of aromatic nitrogens is 2. The molecule has 1 aliphatic rings. The lowest BCUT2D eigenvalue weighted by atomic mass is 9.86. The van der Waals surface area contributed by atoms with E-state index in [0.29, 0.717) is 11.7 Å². The van der Waals surface area contributed by atoms with Gasteiger partial charge in [-0.2, -0.15) is 5.10 Å². The third-order valence-electron chi connectivity index (χ3n) is 4.31. The quantitative estimate of drug-likeness (QED) is 0.760. The second-order valence-electron chi connectivity index (χ2n) is 5.94. The Morgan fingerprint density at radius 3 is 2.68 bits per heavy atom. The number of aryl methyl sites for hydroxylation is 2. The van der Waals surface area contributed by atoms with Crippen LogP contribution in [0.3, 0.4) is 0 Å². The third-order valence-corrected chi connectivity index (χ3v) is 4.60. The molecule has 0 N–H and O–H groups in total. The maximum atomic E-state index is 13.2. The second-order valence-corrected chi connectivity index (χ2v) is 6.34. The molecule has 1 saturated carbocycles. The summed E-state index contributed by atoms with van der Waals surface area (Å²) in [6.07, 6.45) is 6.10. The first-order chi connectivity index (χ1) is 10.6. The van der Waals surface area contributed by atoms with Crippen LogP contribution < -0.4 is 4.74 Å². The zero-order valence-corrected chi connectivity index (χ0v) is 13.7. The van der Waals surface area contributed by atoms with Crippen molar-refractivity contribution < 1.29 is 9.13 Å². The van der Waals surface area contributed by atoms with E-state index in [0.717, 1.165) is 30.0 Å². The van der Waals surface area contributed by atoms with Crippen molar-refractivity contribution in [2.24, 2.45) is 7.05 Å². The van der Waals surface area contributed by atoms with Gasteiger partial charge in [0.2, 0.25) is 0 Å². The van der Waals surface area contributed by atoms with E-state index in [1.54, 1.807) is 6.07 Å². The highest BCUT2D eigenvalue weighted by Crippen LogP contribution is 2.41. The van der Waals surface area contributed by atoms with Crippen LogP contribution in [0.15, 0.2) is 18.2 Å². The van der Waals surface area contributed by atoms with Gasteiger partial charge in [0.25, 0.3) is 0 Å². The summed E-state index contributed by atoms with van der Waals surface area (Å²) in [7, 11) is 1.95. The first kappa shape index (κ1) is 15.3. The lowest BCUT2D eigenvalue weighted by Gasteiger charge is -2.23. The molecule has 1 fully saturated rings. The van der Waals surface area contributed by atoms with E-state index in [4.69, 9.17) is 16.3 Å².